The van der Waals surface area contributed by atoms with Crippen LogP contribution < -0.4 is 0 Å². The number of rotatable bonds is 7. The molecule has 0 heteroatoms. The molecule has 0 bridgehead atoms. The van der Waals surface area contributed by atoms with Crippen LogP contribution in [-0.4, -0.2) is 0 Å². The van der Waals surface area contributed by atoms with E-state index in [9.17, 15) is 0 Å². The second-order valence-corrected chi connectivity index (χ2v) is 4.17. The average molecular weight is 182 g/mol. The molecule has 2 unspecified atom stereocenters. The van der Waals surface area contributed by atoms with E-state index in [1.54, 1.807) is 0 Å². The predicted octanol–water partition coefficient (Wildman–Crippen LogP) is 4.81. The van der Waals surface area contributed by atoms with Crippen LogP contribution in [0.15, 0.2) is 12.2 Å². The molecule has 0 amide bonds. The first-order chi connectivity index (χ1) is 6.17. The molecule has 0 aliphatic carbocycles. The summed E-state index contributed by atoms with van der Waals surface area (Å²) in [5, 5.41) is 0. The molecule has 0 fully saturated rings. The van der Waals surface area contributed by atoms with Crippen molar-refractivity contribution in [3.05, 3.63) is 12.2 Å². The minimum Gasteiger partial charge on any atom is -0.0999 e. The highest BCUT2D eigenvalue weighted by Crippen LogP contribution is 2.29. The molecule has 0 saturated heterocycles. The van der Waals surface area contributed by atoms with Crippen LogP contribution >= 0.6 is 0 Å². The maximum atomic E-state index is 4.10. The maximum absolute atomic E-state index is 4.10. The largest absolute Gasteiger partial charge is 0.0999 e. The normalized spacial score (nSPS) is 15.4. The van der Waals surface area contributed by atoms with E-state index in [2.05, 4.69) is 34.3 Å². The van der Waals surface area contributed by atoms with Gasteiger partial charge in [0.1, 0.15) is 0 Å². The highest BCUT2D eigenvalue weighted by Gasteiger charge is 2.17. The Bertz CT molecular complexity index is 135. The fraction of sp³-hybridized carbons (Fsp3) is 0.846. The fourth-order valence-corrected chi connectivity index (χ4v) is 2.24. The number of allylic oxidation sites excluding steroid dienone is 1. The maximum Gasteiger partial charge on any atom is -0.0183 e. The SMILES string of the molecule is C=C(C)C(CC)C(CC)CCCC. The van der Waals surface area contributed by atoms with Crippen LogP contribution in [0.1, 0.15) is 59.8 Å². The first-order valence-corrected chi connectivity index (χ1v) is 5.82. The summed E-state index contributed by atoms with van der Waals surface area (Å²) < 4.78 is 0. The van der Waals surface area contributed by atoms with Crippen molar-refractivity contribution < 1.29 is 0 Å². The monoisotopic (exact) mass is 182 g/mol. The third kappa shape index (κ3) is 4.50. The smallest absolute Gasteiger partial charge is 0.0183 e. The lowest BCUT2D eigenvalue weighted by Crippen LogP contribution is -2.14. The molecule has 0 aromatic rings. The lowest BCUT2D eigenvalue weighted by molar-refractivity contribution is 0.327. The van der Waals surface area contributed by atoms with Crippen molar-refractivity contribution in [1.29, 1.82) is 0 Å². The third-order valence-electron chi connectivity index (χ3n) is 3.09. The number of hydrogen-bond donors (Lipinski definition) is 0. The van der Waals surface area contributed by atoms with Gasteiger partial charge in [0, 0.05) is 0 Å². The molecule has 0 aromatic heterocycles. The summed E-state index contributed by atoms with van der Waals surface area (Å²) in [6.07, 6.45) is 6.66. The van der Waals surface area contributed by atoms with Crippen molar-refractivity contribution in [2.24, 2.45) is 11.8 Å². The van der Waals surface area contributed by atoms with Crippen LogP contribution in [0, 0.1) is 11.8 Å². The van der Waals surface area contributed by atoms with Crippen molar-refractivity contribution >= 4 is 0 Å². The van der Waals surface area contributed by atoms with Gasteiger partial charge >= 0.3 is 0 Å². The van der Waals surface area contributed by atoms with Crippen molar-refractivity contribution in [2.45, 2.75) is 59.8 Å². The molecule has 0 aliphatic heterocycles. The highest BCUT2D eigenvalue weighted by atomic mass is 14.2. The number of hydrogen-bond acceptors (Lipinski definition) is 0. The molecular formula is C13H26. The minimum absolute atomic E-state index is 0.761. The van der Waals surface area contributed by atoms with Crippen LogP contribution in [-0.2, 0) is 0 Å². The van der Waals surface area contributed by atoms with Crippen LogP contribution in [0.2, 0.25) is 0 Å². The van der Waals surface area contributed by atoms with Crippen molar-refractivity contribution in [3.8, 4) is 0 Å². The number of unbranched alkanes of at least 4 members (excludes halogenated alkanes) is 1. The van der Waals surface area contributed by atoms with Crippen LogP contribution in [0.25, 0.3) is 0 Å². The molecule has 0 rings (SSSR count). The van der Waals surface area contributed by atoms with Crippen molar-refractivity contribution in [2.75, 3.05) is 0 Å². The van der Waals surface area contributed by atoms with E-state index in [1.807, 2.05) is 0 Å². The van der Waals surface area contributed by atoms with Gasteiger partial charge in [-0.05, 0) is 31.6 Å². The Balaban J connectivity index is 4.08. The van der Waals surface area contributed by atoms with E-state index in [0.29, 0.717) is 0 Å². The van der Waals surface area contributed by atoms with Gasteiger partial charge in [-0.15, -0.1) is 0 Å². The molecule has 0 saturated carbocycles. The van der Waals surface area contributed by atoms with Crippen LogP contribution in [0.5, 0.6) is 0 Å². The summed E-state index contributed by atoms with van der Waals surface area (Å²) >= 11 is 0. The Morgan fingerprint density at radius 2 is 1.77 bits per heavy atom. The second kappa shape index (κ2) is 7.17. The molecular weight excluding hydrogens is 156 g/mol. The van der Waals surface area contributed by atoms with Gasteiger partial charge in [-0.25, -0.2) is 0 Å². The lowest BCUT2D eigenvalue weighted by atomic mass is 9.80. The van der Waals surface area contributed by atoms with Gasteiger partial charge < -0.3 is 0 Å². The molecule has 0 aliphatic rings. The van der Waals surface area contributed by atoms with Gasteiger partial charge in [-0.1, -0.05) is 52.2 Å². The zero-order valence-corrected chi connectivity index (χ0v) is 9.90. The standard InChI is InChI=1S/C13H26/c1-6-9-10-12(7-2)13(8-3)11(4)5/h12-13H,4,6-10H2,1-3,5H3. The predicted molar refractivity (Wildman–Crippen MR) is 61.9 cm³/mol. The van der Waals surface area contributed by atoms with E-state index in [0.717, 1.165) is 11.8 Å². The van der Waals surface area contributed by atoms with E-state index < -0.39 is 0 Å². The molecule has 78 valence electrons. The van der Waals surface area contributed by atoms with Gasteiger partial charge in [-0.3, -0.25) is 0 Å². The topological polar surface area (TPSA) is 0 Å². The van der Waals surface area contributed by atoms with E-state index in [1.165, 1.54) is 37.7 Å². The van der Waals surface area contributed by atoms with Crippen LogP contribution in [0.4, 0.5) is 0 Å². The molecule has 0 aromatic carbocycles. The van der Waals surface area contributed by atoms with Crippen molar-refractivity contribution in [1.82, 2.24) is 0 Å². The zero-order chi connectivity index (χ0) is 10.3. The molecule has 0 N–H and O–H groups in total. The van der Waals surface area contributed by atoms with E-state index in [-0.39, 0.29) is 0 Å². The molecule has 0 heterocycles. The summed E-state index contributed by atoms with van der Waals surface area (Å²) in [6.45, 7) is 13.2. The molecule has 2 atom stereocenters. The van der Waals surface area contributed by atoms with Gasteiger partial charge in [0.2, 0.25) is 0 Å². The summed E-state index contributed by atoms with van der Waals surface area (Å²) in [4.78, 5) is 0. The van der Waals surface area contributed by atoms with Gasteiger partial charge in [0.05, 0.1) is 0 Å². The highest BCUT2D eigenvalue weighted by molar-refractivity contribution is 4.98. The van der Waals surface area contributed by atoms with Crippen LogP contribution in [0.3, 0.4) is 0 Å². The Morgan fingerprint density at radius 3 is 2.08 bits per heavy atom. The van der Waals surface area contributed by atoms with E-state index >= 15 is 0 Å². The quantitative estimate of drug-likeness (QED) is 0.496. The molecule has 0 radical (unpaired) electrons. The Labute approximate surface area is 84.4 Å². The van der Waals surface area contributed by atoms with Crippen molar-refractivity contribution in [3.63, 3.8) is 0 Å². The summed E-state index contributed by atoms with van der Waals surface area (Å²) in [7, 11) is 0. The second-order valence-electron chi connectivity index (χ2n) is 4.17. The Hall–Kier alpha value is -0.260. The van der Waals surface area contributed by atoms with Gasteiger partial charge in [-0.2, -0.15) is 0 Å². The minimum atomic E-state index is 0.761. The first kappa shape index (κ1) is 12.7. The molecule has 0 spiro atoms. The fourth-order valence-electron chi connectivity index (χ4n) is 2.24. The Kier molecular flexibility index (Phi) is 7.03. The summed E-state index contributed by atoms with van der Waals surface area (Å²) in [6, 6.07) is 0. The molecule has 13 heavy (non-hydrogen) atoms. The summed E-state index contributed by atoms with van der Waals surface area (Å²) in [5.41, 5.74) is 1.38. The lowest BCUT2D eigenvalue weighted by Gasteiger charge is -2.25. The van der Waals surface area contributed by atoms with Gasteiger partial charge in [0.15, 0.2) is 0 Å². The summed E-state index contributed by atoms with van der Waals surface area (Å²) in [5.74, 6) is 1.64. The third-order valence-corrected chi connectivity index (χ3v) is 3.09. The molecule has 0 nitrogen and oxygen atoms in total. The van der Waals surface area contributed by atoms with Gasteiger partial charge in [0.25, 0.3) is 0 Å². The van der Waals surface area contributed by atoms with E-state index in [4.69, 9.17) is 0 Å². The average Bonchev–Trinajstić information content (AvgIpc) is 2.11. The zero-order valence-electron chi connectivity index (χ0n) is 9.90. The Morgan fingerprint density at radius 1 is 1.15 bits per heavy atom. The first-order valence-electron chi connectivity index (χ1n) is 5.82.